The van der Waals surface area contributed by atoms with Gasteiger partial charge in [-0.25, -0.2) is 0 Å². The van der Waals surface area contributed by atoms with Crippen molar-refractivity contribution in [1.82, 2.24) is 5.32 Å². The summed E-state index contributed by atoms with van der Waals surface area (Å²) in [6, 6.07) is 0.713. The highest BCUT2D eigenvalue weighted by Crippen LogP contribution is 2.26. The average molecular weight is 213 g/mol. The molecular weight excluding hydrogens is 186 g/mol. The molecule has 0 spiro atoms. The summed E-state index contributed by atoms with van der Waals surface area (Å²) < 4.78 is 5.55. The van der Waals surface area contributed by atoms with Crippen molar-refractivity contribution in [2.45, 2.75) is 59.1 Å². The SMILES string of the molecule is COC(CNC1CCCC1C)C(C)(C)C. The predicted octanol–water partition coefficient (Wildman–Crippen LogP) is 2.83. The van der Waals surface area contributed by atoms with Gasteiger partial charge >= 0.3 is 0 Å². The van der Waals surface area contributed by atoms with E-state index >= 15 is 0 Å². The first-order chi connectivity index (χ1) is 6.95. The molecule has 1 rings (SSSR count). The Hall–Kier alpha value is -0.0800. The minimum Gasteiger partial charge on any atom is -0.380 e. The number of hydrogen-bond donors (Lipinski definition) is 1. The Morgan fingerprint density at radius 2 is 2.00 bits per heavy atom. The third kappa shape index (κ3) is 3.76. The predicted molar refractivity (Wildman–Crippen MR) is 65.1 cm³/mol. The molecule has 1 fully saturated rings. The summed E-state index contributed by atoms with van der Waals surface area (Å²) in [5.74, 6) is 0.836. The lowest BCUT2D eigenvalue weighted by molar-refractivity contribution is 0.0150. The van der Waals surface area contributed by atoms with Crippen molar-refractivity contribution in [3.8, 4) is 0 Å². The van der Waals surface area contributed by atoms with Crippen molar-refractivity contribution in [2.24, 2.45) is 11.3 Å². The molecule has 2 nitrogen and oxygen atoms in total. The molecule has 0 bridgehead atoms. The van der Waals surface area contributed by atoms with Crippen LogP contribution in [0, 0.1) is 11.3 Å². The van der Waals surface area contributed by atoms with Crippen LogP contribution in [0.15, 0.2) is 0 Å². The summed E-state index contributed by atoms with van der Waals surface area (Å²) in [6.45, 7) is 10.0. The molecule has 0 heterocycles. The van der Waals surface area contributed by atoms with Crippen molar-refractivity contribution < 1.29 is 4.74 Å². The molecule has 3 unspecified atom stereocenters. The second-order valence-corrected chi connectivity index (χ2v) is 6.01. The molecule has 15 heavy (non-hydrogen) atoms. The van der Waals surface area contributed by atoms with Gasteiger partial charge in [-0.05, 0) is 24.2 Å². The number of ether oxygens (including phenoxy) is 1. The summed E-state index contributed by atoms with van der Waals surface area (Å²) in [6.07, 6.45) is 4.41. The molecule has 90 valence electrons. The zero-order valence-corrected chi connectivity index (χ0v) is 11.0. The Labute approximate surface area is 94.8 Å². The molecule has 1 aliphatic rings. The van der Waals surface area contributed by atoms with Gasteiger partial charge in [-0.2, -0.15) is 0 Å². The summed E-state index contributed by atoms with van der Waals surface area (Å²) >= 11 is 0. The first-order valence-corrected chi connectivity index (χ1v) is 6.21. The summed E-state index contributed by atoms with van der Waals surface area (Å²) in [5, 5.41) is 3.66. The zero-order valence-electron chi connectivity index (χ0n) is 11.0. The van der Waals surface area contributed by atoms with Gasteiger partial charge in [0.25, 0.3) is 0 Å². The minimum atomic E-state index is 0.226. The smallest absolute Gasteiger partial charge is 0.0743 e. The number of methoxy groups -OCH3 is 1. The average Bonchev–Trinajstić information content (AvgIpc) is 2.50. The van der Waals surface area contributed by atoms with Gasteiger partial charge in [-0.1, -0.05) is 34.1 Å². The van der Waals surface area contributed by atoms with E-state index in [4.69, 9.17) is 4.74 Å². The van der Waals surface area contributed by atoms with Crippen molar-refractivity contribution >= 4 is 0 Å². The Morgan fingerprint density at radius 1 is 1.33 bits per heavy atom. The van der Waals surface area contributed by atoms with Gasteiger partial charge in [-0.3, -0.25) is 0 Å². The molecule has 1 N–H and O–H groups in total. The van der Waals surface area contributed by atoms with E-state index in [1.54, 1.807) is 0 Å². The van der Waals surface area contributed by atoms with Crippen LogP contribution in [0.25, 0.3) is 0 Å². The molecule has 0 amide bonds. The summed E-state index contributed by atoms with van der Waals surface area (Å²) in [7, 11) is 1.82. The van der Waals surface area contributed by atoms with Crippen LogP contribution in [0.1, 0.15) is 47.0 Å². The largest absolute Gasteiger partial charge is 0.380 e. The third-order valence-corrected chi connectivity index (χ3v) is 3.68. The van der Waals surface area contributed by atoms with E-state index in [1.807, 2.05) is 7.11 Å². The summed E-state index contributed by atoms with van der Waals surface area (Å²) in [4.78, 5) is 0. The van der Waals surface area contributed by atoms with Gasteiger partial charge in [0.1, 0.15) is 0 Å². The Kier molecular flexibility index (Phi) is 4.60. The molecule has 0 aromatic carbocycles. The Bertz CT molecular complexity index is 185. The van der Waals surface area contributed by atoms with Crippen LogP contribution in [0.3, 0.4) is 0 Å². The fourth-order valence-electron chi connectivity index (χ4n) is 2.45. The molecule has 0 saturated heterocycles. The zero-order chi connectivity index (χ0) is 11.5. The van der Waals surface area contributed by atoms with Gasteiger partial charge in [-0.15, -0.1) is 0 Å². The standard InChI is InChI=1S/C13H27NO/c1-10-7-6-8-11(10)14-9-12(15-5)13(2,3)4/h10-12,14H,6-9H2,1-5H3. The van der Waals surface area contributed by atoms with Gasteiger partial charge in [0, 0.05) is 19.7 Å². The topological polar surface area (TPSA) is 21.3 Å². The highest BCUT2D eigenvalue weighted by atomic mass is 16.5. The first kappa shape index (κ1) is 13.0. The maximum absolute atomic E-state index is 5.55. The second-order valence-electron chi connectivity index (χ2n) is 6.01. The van der Waals surface area contributed by atoms with Crippen LogP contribution in [-0.4, -0.2) is 25.8 Å². The number of nitrogens with one attached hydrogen (secondary N) is 1. The van der Waals surface area contributed by atoms with Crippen LogP contribution < -0.4 is 5.32 Å². The van der Waals surface area contributed by atoms with E-state index < -0.39 is 0 Å². The molecule has 1 aliphatic carbocycles. The second kappa shape index (κ2) is 5.31. The highest BCUT2D eigenvalue weighted by molar-refractivity contribution is 4.83. The molecular formula is C13H27NO. The van der Waals surface area contributed by atoms with E-state index in [2.05, 4.69) is 33.0 Å². The lowest BCUT2D eigenvalue weighted by atomic mass is 9.88. The maximum atomic E-state index is 5.55. The van der Waals surface area contributed by atoms with Crippen molar-refractivity contribution in [1.29, 1.82) is 0 Å². The van der Waals surface area contributed by atoms with Gasteiger partial charge in [0.2, 0.25) is 0 Å². The fraction of sp³-hybridized carbons (Fsp3) is 1.00. The Morgan fingerprint density at radius 3 is 2.40 bits per heavy atom. The molecule has 2 heteroatoms. The van der Waals surface area contributed by atoms with Crippen LogP contribution in [0.4, 0.5) is 0 Å². The summed E-state index contributed by atoms with van der Waals surface area (Å²) in [5.41, 5.74) is 0.226. The van der Waals surface area contributed by atoms with Crippen molar-refractivity contribution in [3.05, 3.63) is 0 Å². The highest BCUT2D eigenvalue weighted by Gasteiger charge is 2.27. The lowest BCUT2D eigenvalue weighted by Crippen LogP contribution is -2.43. The van der Waals surface area contributed by atoms with Crippen LogP contribution >= 0.6 is 0 Å². The van der Waals surface area contributed by atoms with E-state index in [0.717, 1.165) is 12.5 Å². The van der Waals surface area contributed by atoms with Crippen molar-refractivity contribution in [3.63, 3.8) is 0 Å². The van der Waals surface area contributed by atoms with Crippen LogP contribution in [-0.2, 0) is 4.74 Å². The first-order valence-electron chi connectivity index (χ1n) is 6.21. The lowest BCUT2D eigenvalue weighted by Gasteiger charge is -2.31. The van der Waals surface area contributed by atoms with Gasteiger partial charge in [0.15, 0.2) is 0 Å². The molecule has 0 radical (unpaired) electrons. The number of rotatable bonds is 4. The van der Waals surface area contributed by atoms with E-state index in [1.165, 1.54) is 19.3 Å². The van der Waals surface area contributed by atoms with E-state index in [9.17, 15) is 0 Å². The van der Waals surface area contributed by atoms with E-state index in [0.29, 0.717) is 12.1 Å². The van der Waals surface area contributed by atoms with Gasteiger partial charge < -0.3 is 10.1 Å². The maximum Gasteiger partial charge on any atom is 0.0743 e. The van der Waals surface area contributed by atoms with Crippen LogP contribution in [0.5, 0.6) is 0 Å². The fourth-order valence-corrected chi connectivity index (χ4v) is 2.45. The van der Waals surface area contributed by atoms with Gasteiger partial charge in [0.05, 0.1) is 6.10 Å². The monoisotopic (exact) mass is 213 g/mol. The molecule has 0 aromatic heterocycles. The van der Waals surface area contributed by atoms with Crippen molar-refractivity contribution in [2.75, 3.05) is 13.7 Å². The minimum absolute atomic E-state index is 0.226. The molecule has 0 aromatic rings. The van der Waals surface area contributed by atoms with E-state index in [-0.39, 0.29) is 5.41 Å². The molecule has 3 atom stereocenters. The Balaban J connectivity index is 2.34. The normalized spacial score (nSPS) is 29.4. The third-order valence-electron chi connectivity index (χ3n) is 3.68. The molecule has 0 aliphatic heterocycles. The van der Waals surface area contributed by atoms with Crippen LogP contribution in [0.2, 0.25) is 0 Å². The number of hydrogen-bond acceptors (Lipinski definition) is 2. The molecule has 1 saturated carbocycles. The quantitative estimate of drug-likeness (QED) is 0.775.